The maximum absolute atomic E-state index is 11.8. The molecule has 1 unspecified atom stereocenters. The van der Waals surface area contributed by atoms with Crippen LogP contribution >= 0.6 is 0 Å². The Morgan fingerprint density at radius 2 is 1.61 bits per heavy atom. The smallest absolute Gasteiger partial charge is 0.295 e. The number of rotatable bonds is 4. The summed E-state index contributed by atoms with van der Waals surface area (Å²) in [5.74, 6) is 2.86. The van der Waals surface area contributed by atoms with E-state index in [4.69, 9.17) is 0 Å². The van der Waals surface area contributed by atoms with Crippen molar-refractivity contribution in [2.75, 3.05) is 0 Å². The van der Waals surface area contributed by atoms with Crippen LogP contribution in [0.3, 0.4) is 0 Å². The minimum Gasteiger partial charge on any atom is -0.504 e. The van der Waals surface area contributed by atoms with Crippen LogP contribution in [0.25, 0.3) is 21.7 Å². The van der Waals surface area contributed by atoms with Crippen LogP contribution < -0.4 is 0 Å². The number of benzene rings is 3. The van der Waals surface area contributed by atoms with Gasteiger partial charge in [0, 0.05) is 11.6 Å². The molecule has 0 aliphatic carbocycles. The number of hydrogen-bond donors (Lipinski definition) is 3. The van der Waals surface area contributed by atoms with Crippen LogP contribution in [0.1, 0.15) is 0 Å². The number of aromatic hydroxyl groups is 1. The Bertz CT molecular complexity index is 1600. The molecule has 0 aliphatic rings. The molecule has 3 aromatic carbocycles. The van der Waals surface area contributed by atoms with Crippen LogP contribution in [0.2, 0.25) is 0 Å². The summed E-state index contributed by atoms with van der Waals surface area (Å²) < 4.78 is 54.3. The Balaban J connectivity index is 1.79. The van der Waals surface area contributed by atoms with Gasteiger partial charge in [-0.15, -0.1) is 5.11 Å². The third kappa shape index (κ3) is 4.11. The molecule has 0 saturated heterocycles. The summed E-state index contributed by atoms with van der Waals surface area (Å²) >= 11 is 0. The van der Waals surface area contributed by atoms with Crippen molar-refractivity contribution in [3.05, 3.63) is 60.8 Å². The number of fused-ring (bicyclic) bond motifs is 2. The zero-order chi connectivity index (χ0) is 22.4. The minimum atomic E-state index is -4.60. The molecule has 0 saturated carbocycles. The van der Waals surface area contributed by atoms with E-state index in [2.05, 4.69) is 21.1 Å². The number of azo groups is 1. The van der Waals surface area contributed by atoms with E-state index in [-0.39, 0.29) is 27.2 Å². The largest absolute Gasteiger partial charge is 0.504 e. The average molecular weight is 457 g/mol. The molecule has 0 bridgehead atoms. The zero-order valence-corrected chi connectivity index (χ0v) is 17.3. The SMILES string of the molecule is C=S(=O)(O)c1ccc2cc(N=Nc3cc(S(=O)(=O)O)c4cccnc4c3O)ccc2c1. The van der Waals surface area contributed by atoms with Gasteiger partial charge in [-0.25, -0.2) is 4.21 Å². The highest BCUT2D eigenvalue weighted by Crippen LogP contribution is 2.38. The summed E-state index contributed by atoms with van der Waals surface area (Å²) in [6, 6.07) is 13.5. The number of hydrogen-bond acceptors (Lipinski definition) is 7. The summed E-state index contributed by atoms with van der Waals surface area (Å²) in [6.07, 6.45) is 1.37. The molecule has 4 rings (SSSR count). The highest BCUT2D eigenvalue weighted by atomic mass is 32.2. The molecule has 0 aliphatic heterocycles. The molecule has 11 heteroatoms. The van der Waals surface area contributed by atoms with E-state index in [0.29, 0.717) is 16.5 Å². The van der Waals surface area contributed by atoms with Gasteiger partial charge >= 0.3 is 0 Å². The van der Waals surface area contributed by atoms with Gasteiger partial charge < -0.3 is 9.66 Å². The van der Waals surface area contributed by atoms with Gasteiger partial charge in [0.05, 0.1) is 10.6 Å². The van der Waals surface area contributed by atoms with Crippen LogP contribution in [0.4, 0.5) is 11.4 Å². The molecule has 1 heterocycles. The van der Waals surface area contributed by atoms with Crippen LogP contribution in [0.15, 0.2) is 80.8 Å². The number of pyridine rings is 1. The van der Waals surface area contributed by atoms with E-state index in [1.807, 2.05) is 0 Å². The first-order chi connectivity index (χ1) is 14.5. The normalized spacial score (nSPS) is 14.3. The van der Waals surface area contributed by atoms with Crippen molar-refractivity contribution in [3.63, 3.8) is 0 Å². The number of phenolic OH excluding ortho intramolecular Hbond substituents is 1. The fourth-order valence-electron chi connectivity index (χ4n) is 3.06. The first-order valence-electron chi connectivity index (χ1n) is 8.67. The van der Waals surface area contributed by atoms with E-state index in [1.54, 1.807) is 30.3 Å². The predicted octanol–water partition coefficient (Wildman–Crippen LogP) is 4.30. The minimum absolute atomic E-state index is 0.0432. The van der Waals surface area contributed by atoms with Crippen LogP contribution in [0.5, 0.6) is 5.75 Å². The number of phenols is 1. The monoisotopic (exact) mass is 457 g/mol. The first-order valence-corrected chi connectivity index (χ1v) is 11.8. The second kappa shape index (κ2) is 7.39. The lowest BCUT2D eigenvalue weighted by Gasteiger charge is -2.07. The van der Waals surface area contributed by atoms with E-state index in [0.717, 1.165) is 6.07 Å². The third-order valence-electron chi connectivity index (χ3n) is 4.52. The van der Waals surface area contributed by atoms with Gasteiger partial charge in [-0.3, -0.25) is 9.54 Å². The van der Waals surface area contributed by atoms with E-state index >= 15 is 0 Å². The fraction of sp³-hybridized carbons (Fsp3) is 0. The van der Waals surface area contributed by atoms with Gasteiger partial charge in [0.2, 0.25) is 0 Å². The average Bonchev–Trinajstić information content (AvgIpc) is 2.71. The first kappa shape index (κ1) is 20.9. The molecule has 4 aromatic rings. The highest BCUT2D eigenvalue weighted by molar-refractivity contribution is 7.95. The van der Waals surface area contributed by atoms with Gasteiger partial charge in [0.1, 0.15) is 25.9 Å². The molecule has 158 valence electrons. The van der Waals surface area contributed by atoms with Gasteiger partial charge in [-0.05, 0) is 59.1 Å². The molecule has 0 amide bonds. The van der Waals surface area contributed by atoms with Gasteiger partial charge in [-0.2, -0.15) is 13.5 Å². The molecule has 1 aromatic heterocycles. The second-order valence-corrected chi connectivity index (χ2v) is 9.79. The molecule has 0 radical (unpaired) electrons. The summed E-state index contributed by atoms with van der Waals surface area (Å²) in [5, 5.41) is 19.9. The van der Waals surface area contributed by atoms with E-state index in [9.17, 15) is 26.8 Å². The highest BCUT2D eigenvalue weighted by Gasteiger charge is 2.20. The quantitative estimate of drug-likeness (QED) is 0.235. The zero-order valence-electron chi connectivity index (χ0n) is 15.7. The molecular weight excluding hydrogens is 442 g/mol. The topological polar surface area (TPSA) is 150 Å². The molecule has 9 nitrogen and oxygen atoms in total. The molecule has 31 heavy (non-hydrogen) atoms. The fourth-order valence-corrected chi connectivity index (χ4v) is 4.35. The van der Waals surface area contributed by atoms with E-state index in [1.165, 1.54) is 24.4 Å². The van der Waals surface area contributed by atoms with Crippen LogP contribution in [0, 0.1) is 0 Å². The summed E-state index contributed by atoms with van der Waals surface area (Å²) in [5.41, 5.74) is 0.151. The number of aromatic nitrogens is 1. The van der Waals surface area contributed by atoms with Crippen molar-refractivity contribution in [3.8, 4) is 5.75 Å². The molecule has 1 atom stereocenters. The summed E-state index contributed by atoms with van der Waals surface area (Å²) in [6.45, 7) is 0. The van der Waals surface area contributed by atoms with Crippen LogP contribution in [-0.4, -0.2) is 37.7 Å². The van der Waals surface area contributed by atoms with Crippen molar-refractivity contribution < 1.29 is 26.8 Å². The Morgan fingerprint density at radius 3 is 2.32 bits per heavy atom. The van der Waals surface area contributed by atoms with Crippen LogP contribution in [-0.2, 0) is 19.9 Å². The lowest BCUT2D eigenvalue weighted by molar-refractivity contribution is 0.478. The van der Waals surface area contributed by atoms with Crippen molar-refractivity contribution in [2.45, 2.75) is 9.79 Å². The number of nitrogens with zero attached hydrogens (tertiary/aromatic N) is 3. The maximum Gasteiger partial charge on any atom is 0.295 e. The summed E-state index contributed by atoms with van der Waals surface area (Å²) in [7, 11) is -7.93. The van der Waals surface area contributed by atoms with Crippen molar-refractivity contribution >= 4 is 58.8 Å². The summed E-state index contributed by atoms with van der Waals surface area (Å²) in [4.78, 5) is 3.71. The Hall–Kier alpha value is -3.38. The molecule has 0 fully saturated rings. The third-order valence-corrected chi connectivity index (χ3v) is 6.41. The standard InChI is InChI=1S/C20H15N3O6S2/c1-30(25,26)15-7-5-12-9-14(6-4-13(12)10-15)22-23-17-11-18(31(27,28)29)16-3-2-8-21-19(16)20(17)24/h2-11,24H,1H2,(H,25,26)(H,27,28,29). The molecule has 0 spiro atoms. The Kier molecular flexibility index (Phi) is 4.98. The maximum atomic E-state index is 11.8. The van der Waals surface area contributed by atoms with E-state index < -0.39 is 24.8 Å². The van der Waals surface area contributed by atoms with Crippen molar-refractivity contribution in [2.24, 2.45) is 10.2 Å². The Morgan fingerprint density at radius 1 is 0.903 bits per heavy atom. The molecular formula is C20H15N3O6S2. The lowest BCUT2D eigenvalue weighted by Crippen LogP contribution is -1.99. The van der Waals surface area contributed by atoms with Gasteiger partial charge in [0.15, 0.2) is 5.75 Å². The van der Waals surface area contributed by atoms with Crippen molar-refractivity contribution in [1.29, 1.82) is 0 Å². The lowest BCUT2D eigenvalue weighted by atomic mass is 10.1. The second-order valence-electron chi connectivity index (χ2n) is 6.65. The molecule has 3 N–H and O–H groups in total. The van der Waals surface area contributed by atoms with Gasteiger partial charge in [0.25, 0.3) is 10.1 Å². The predicted molar refractivity (Wildman–Crippen MR) is 118 cm³/mol. The Labute approximate surface area is 177 Å². The van der Waals surface area contributed by atoms with Gasteiger partial charge in [-0.1, -0.05) is 12.1 Å². The van der Waals surface area contributed by atoms with Crippen molar-refractivity contribution in [1.82, 2.24) is 4.98 Å².